The molecule has 12 heteroatoms. The standard InChI is InChI=1S/C29H29F2N3O7/c1-33(2)18-10-14(13-6-5-12(30)9-17(13)31)23(35)20-15(18)7-11-8-16-22(34(3)4)25(37)21(28(32)40)27(39)29(16,41)26(38)19(11)24(20)36/h5-6,9-11,16,19,21-22,35,41H,7-8H2,1-4H3,(H2,32,40). The predicted octanol–water partition coefficient (Wildman–Crippen LogP) is 0.878. The van der Waals surface area contributed by atoms with E-state index in [0.29, 0.717) is 17.3 Å². The Morgan fingerprint density at radius 3 is 2.24 bits per heavy atom. The van der Waals surface area contributed by atoms with E-state index in [9.17, 15) is 43.0 Å². The van der Waals surface area contributed by atoms with Gasteiger partial charge in [-0.15, -0.1) is 0 Å². The number of phenols is 1. The Hall–Kier alpha value is -4.03. The lowest BCUT2D eigenvalue weighted by Gasteiger charge is -2.52. The molecule has 2 fully saturated rings. The number of anilines is 1. The fourth-order valence-corrected chi connectivity index (χ4v) is 6.96. The molecule has 2 aromatic rings. The van der Waals surface area contributed by atoms with Crippen LogP contribution < -0.4 is 10.6 Å². The van der Waals surface area contributed by atoms with Crippen LogP contribution in [0.3, 0.4) is 0 Å². The van der Waals surface area contributed by atoms with Gasteiger partial charge in [0.05, 0.1) is 17.5 Å². The number of halogens is 2. The van der Waals surface area contributed by atoms with Gasteiger partial charge >= 0.3 is 0 Å². The zero-order valence-corrected chi connectivity index (χ0v) is 22.8. The van der Waals surface area contributed by atoms with Crippen molar-refractivity contribution in [2.24, 2.45) is 29.4 Å². The third-order valence-corrected chi connectivity index (χ3v) is 8.74. The zero-order chi connectivity index (χ0) is 30.3. The molecule has 0 bridgehead atoms. The molecule has 10 nitrogen and oxygen atoms in total. The quantitative estimate of drug-likeness (QED) is 0.455. The Morgan fingerprint density at radius 2 is 1.68 bits per heavy atom. The lowest BCUT2D eigenvalue weighted by Crippen LogP contribution is -2.74. The molecule has 0 spiro atoms. The molecule has 6 atom stereocenters. The molecular formula is C29H29F2N3O7. The normalized spacial score (nSPS) is 29.2. The molecule has 0 heterocycles. The monoisotopic (exact) mass is 569 g/mol. The first-order valence-electron chi connectivity index (χ1n) is 13.0. The highest BCUT2D eigenvalue weighted by Crippen LogP contribution is 2.53. The second-order valence-corrected chi connectivity index (χ2v) is 11.5. The number of Topliss-reactive ketones (excluding diaryl/α,β-unsaturated/α-hetero) is 4. The lowest BCUT2D eigenvalue weighted by molar-refractivity contribution is -0.181. The number of aliphatic hydroxyl groups is 1. The predicted molar refractivity (Wildman–Crippen MR) is 141 cm³/mol. The molecule has 4 N–H and O–H groups in total. The molecule has 2 saturated carbocycles. The van der Waals surface area contributed by atoms with E-state index in [-0.39, 0.29) is 29.5 Å². The number of hydrogen-bond acceptors (Lipinski definition) is 9. The van der Waals surface area contributed by atoms with Crippen molar-refractivity contribution < 1.29 is 43.0 Å². The third-order valence-electron chi connectivity index (χ3n) is 8.74. The van der Waals surface area contributed by atoms with E-state index >= 15 is 0 Å². The van der Waals surface area contributed by atoms with Crippen molar-refractivity contribution in [3.8, 4) is 16.9 Å². The van der Waals surface area contributed by atoms with Gasteiger partial charge in [0, 0.05) is 42.9 Å². The summed E-state index contributed by atoms with van der Waals surface area (Å²) in [5.41, 5.74) is 2.72. The highest BCUT2D eigenvalue weighted by Gasteiger charge is 2.69. The summed E-state index contributed by atoms with van der Waals surface area (Å²) < 4.78 is 28.4. The summed E-state index contributed by atoms with van der Waals surface area (Å²) in [6.07, 6.45) is -0.0367. The van der Waals surface area contributed by atoms with E-state index in [1.807, 2.05) is 0 Å². The molecule has 216 valence electrons. The van der Waals surface area contributed by atoms with Crippen LogP contribution in [0, 0.1) is 35.3 Å². The Morgan fingerprint density at radius 1 is 1.02 bits per heavy atom. The first kappa shape index (κ1) is 28.5. The van der Waals surface area contributed by atoms with Crippen LogP contribution in [0.1, 0.15) is 22.3 Å². The van der Waals surface area contributed by atoms with Crippen LogP contribution in [-0.2, 0) is 25.6 Å². The summed E-state index contributed by atoms with van der Waals surface area (Å²) in [6.45, 7) is 0. The second-order valence-electron chi connectivity index (χ2n) is 11.5. The minimum Gasteiger partial charge on any atom is -0.507 e. The maximum Gasteiger partial charge on any atom is 0.235 e. The van der Waals surface area contributed by atoms with E-state index in [1.165, 1.54) is 25.1 Å². The largest absolute Gasteiger partial charge is 0.507 e. The van der Waals surface area contributed by atoms with Gasteiger partial charge in [-0.05, 0) is 56.6 Å². The minimum absolute atomic E-state index is 0.0547. The summed E-state index contributed by atoms with van der Waals surface area (Å²) in [5, 5.41) is 23.0. The summed E-state index contributed by atoms with van der Waals surface area (Å²) >= 11 is 0. The average Bonchev–Trinajstić information content (AvgIpc) is 2.86. The number of aromatic hydroxyl groups is 1. The van der Waals surface area contributed by atoms with Gasteiger partial charge in [0.1, 0.15) is 17.4 Å². The van der Waals surface area contributed by atoms with Gasteiger partial charge in [-0.2, -0.15) is 0 Å². The molecule has 5 rings (SSSR count). The Bertz CT molecular complexity index is 1560. The number of rotatable bonds is 4. The van der Waals surface area contributed by atoms with Crippen molar-refractivity contribution in [3.05, 3.63) is 47.0 Å². The number of likely N-dealkylation sites (N-methyl/N-ethyl adjacent to an activating group) is 1. The Kier molecular flexibility index (Phi) is 6.62. The molecule has 0 aromatic heterocycles. The van der Waals surface area contributed by atoms with Gasteiger partial charge in [0.15, 0.2) is 34.7 Å². The fraction of sp³-hybridized carbons (Fsp3) is 0.414. The minimum atomic E-state index is -2.85. The maximum absolute atomic E-state index is 14.8. The first-order chi connectivity index (χ1) is 19.1. The molecule has 0 saturated heterocycles. The van der Waals surface area contributed by atoms with Crippen LogP contribution in [0.5, 0.6) is 5.75 Å². The summed E-state index contributed by atoms with van der Waals surface area (Å²) in [7, 11) is 6.35. The van der Waals surface area contributed by atoms with Gasteiger partial charge in [0.25, 0.3) is 0 Å². The van der Waals surface area contributed by atoms with Crippen LogP contribution in [0.4, 0.5) is 14.5 Å². The molecule has 3 aliphatic carbocycles. The van der Waals surface area contributed by atoms with Crippen molar-refractivity contribution in [3.63, 3.8) is 0 Å². The van der Waals surface area contributed by atoms with Crippen LogP contribution in [0.15, 0.2) is 24.3 Å². The van der Waals surface area contributed by atoms with Crippen molar-refractivity contribution in [1.29, 1.82) is 0 Å². The second kappa shape index (κ2) is 9.52. The van der Waals surface area contributed by atoms with Gasteiger partial charge in [-0.1, -0.05) is 0 Å². The number of nitrogens with zero attached hydrogens (tertiary/aromatic N) is 2. The van der Waals surface area contributed by atoms with Crippen molar-refractivity contribution >= 4 is 34.7 Å². The Balaban J connectivity index is 1.70. The third kappa shape index (κ3) is 3.91. The topological polar surface area (TPSA) is 158 Å². The van der Waals surface area contributed by atoms with Crippen LogP contribution in [-0.4, -0.2) is 84.0 Å². The van der Waals surface area contributed by atoms with E-state index in [4.69, 9.17) is 5.73 Å². The van der Waals surface area contributed by atoms with Gasteiger partial charge in [0.2, 0.25) is 5.91 Å². The molecule has 41 heavy (non-hydrogen) atoms. The highest BCUT2D eigenvalue weighted by atomic mass is 19.1. The SMILES string of the molecule is CN(C)c1cc(-c2ccc(F)cc2F)c(O)c2c1CC1CC3C(N(C)C)C(=O)C(C(N)=O)C(=O)C3(O)C(=O)C1C2=O. The summed E-state index contributed by atoms with van der Waals surface area (Å²) in [4.78, 5) is 69.8. The number of carbonyl (C=O) groups excluding carboxylic acids is 5. The number of carbonyl (C=O) groups is 5. The van der Waals surface area contributed by atoms with E-state index < -0.39 is 81.7 Å². The number of benzene rings is 2. The van der Waals surface area contributed by atoms with E-state index in [2.05, 4.69) is 0 Å². The molecule has 6 unspecified atom stereocenters. The fourth-order valence-electron chi connectivity index (χ4n) is 6.96. The number of nitrogens with two attached hydrogens (primary N) is 1. The van der Waals surface area contributed by atoms with Crippen LogP contribution >= 0.6 is 0 Å². The number of fused-ring (bicyclic) bond motifs is 3. The number of ketones is 4. The maximum atomic E-state index is 14.8. The molecule has 1 amide bonds. The molecule has 0 aliphatic heterocycles. The Labute approximate surface area is 233 Å². The number of hydrogen-bond donors (Lipinski definition) is 3. The van der Waals surface area contributed by atoms with Crippen molar-refractivity contribution in [2.45, 2.75) is 24.5 Å². The van der Waals surface area contributed by atoms with E-state index in [0.717, 1.165) is 12.1 Å². The smallest absolute Gasteiger partial charge is 0.235 e. The molecule has 3 aliphatic rings. The lowest BCUT2D eigenvalue weighted by atomic mass is 9.52. The van der Waals surface area contributed by atoms with Gasteiger partial charge in [-0.25, -0.2) is 8.78 Å². The molecule has 2 aromatic carbocycles. The van der Waals surface area contributed by atoms with Crippen LogP contribution in [0.25, 0.3) is 11.1 Å². The van der Waals surface area contributed by atoms with Gasteiger partial charge < -0.3 is 20.8 Å². The van der Waals surface area contributed by atoms with Gasteiger partial charge in [-0.3, -0.25) is 28.9 Å². The zero-order valence-electron chi connectivity index (χ0n) is 22.8. The van der Waals surface area contributed by atoms with Crippen LogP contribution in [0.2, 0.25) is 0 Å². The summed E-state index contributed by atoms with van der Waals surface area (Å²) in [5.74, 6) is -13.7. The molecule has 0 radical (unpaired) electrons. The van der Waals surface area contributed by atoms with E-state index in [1.54, 1.807) is 19.0 Å². The highest BCUT2D eigenvalue weighted by molar-refractivity contribution is 6.32. The average molecular weight is 570 g/mol. The number of primary amides is 1. The molecular weight excluding hydrogens is 540 g/mol. The van der Waals surface area contributed by atoms with Crippen molar-refractivity contribution in [2.75, 3.05) is 33.1 Å². The first-order valence-corrected chi connectivity index (χ1v) is 13.0. The number of amides is 1. The summed E-state index contributed by atoms with van der Waals surface area (Å²) in [6, 6.07) is 3.00. The van der Waals surface area contributed by atoms with Crippen molar-refractivity contribution in [1.82, 2.24) is 4.90 Å². The number of phenolic OH excluding ortho intramolecular Hbond substituents is 1.